The van der Waals surface area contributed by atoms with Crippen LogP contribution < -0.4 is 0 Å². The normalized spacial score (nSPS) is 31.0. The van der Waals surface area contributed by atoms with E-state index in [1.165, 1.54) is 0 Å². The Bertz CT molecular complexity index is 262. The van der Waals surface area contributed by atoms with Gasteiger partial charge in [0.15, 0.2) is 0 Å². The zero-order chi connectivity index (χ0) is 13.1. The molecule has 5 heteroatoms. The van der Waals surface area contributed by atoms with Gasteiger partial charge in [0.05, 0.1) is 24.7 Å². The number of esters is 1. The van der Waals surface area contributed by atoms with Crippen molar-refractivity contribution in [1.82, 2.24) is 0 Å². The number of hydrogen-bond donors (Lipinski definition) is 2. The lowest BCUT2D eigenvalue weighted by molar-refractivity contribution is -0.152. The molecule has 1 aliphatic carbocycles. The lowest BCUT2D eigenvalue weighted by Gasteiger charge is -2.29. The minimum Gasteiger partial charge on any atom is -0.465 e. The van der Waals surface area contributed by atoms with Gasteiger partial charge in [-0.1, -0.05) is 0 Å². The monoisotopic (exact) mass is 264 g/mol. The van der Waals surface area contributed by atoms with Crippen molar-refractivity contribution in [3.63, 3.8) is 0 Å². The van der Waals surface area contributed by atoms with Gasteiger partial charge >= 0.3 is 5.97 Å². The second-order valence-corrected chi connectivity index (χ2v) is 10.2. The molecule has 0 bridgehead atoms. The van der Waals surface area contributed by atoms with E-state index in [9.17, 15) is 15.0 Å². The van der Waals surface area contributed by atoms with E-state index in [0.717, 1.165) is 5.75 Å². The van der Waals surface area contributed by atoms with E-state index >= 15 is 0 Å². The second kappa shape index (κ2) is 6.07. The molecule has 3 atom stereocenters. The van der Waals surface area contributed by atoms with Crippen LogP contribution in [0.15, 0.2) is 0 Å². The Labute approximate surface area is 105 Å². The average Bonchev–Trinajstić information content (AvgIpc) is 2.20. The largest absolute Gasteiger partial charge is 0.465 e. The molecule has 17 heavy (non-hydrogen) atoms. The van der Waals surface area contributed by atoms with Crippen LogP contribution in [-0.4, -0.2) is 59.5 Å². The third-order valence-corrected chi connectivity index (χ3v) is 4.45. The Kier molecular flexibility index (Phi) is 5.28. The Morgan fingerprint density at radius 2 is 1.88 bits per heavy atom. The van der Waals surface area contributed by atoms with Crippen LogP contribution in [0.25, 0.3) is 0 Å². The maximum atomic E-state index is 11.7. The Hall–Kier alpha value is -0.260. The molecule has 1 rings (SSSR count). The van der Waals surface area contributed by atoms with Gasteiger partial charge < -0.3 is 14.9 Å². The summed E-state index contributed by atoms with van der Waals surface area (Å²) in [4.78, 5) is 11.7. The van der Waals surface area contributed by atoms with Crippen LogP contribution in [0.3, 0.4) is 0 Å². The van der Waals surface area contributed by atoms with Crippen molar-refractivity contribution >= 4 is 16.0 Å². The van der Waals surface area contributed by atoms with Gasteiger partial charge in [-0.3, -0.25) is 4.79 Å². The minimum atomic E-state index is -0.783. The minimum absolute atomic E-state index is 0.223. The lowest BCUT2D eigenvalue weighted by atomic mass is 9.85. The molecule has 2 N–H and O–H groups in total. The molecule has 1 saturated carbocycles. The van der Waals surface area contributed by atoms with Crippen LogP contribution in [0.1, 0.15) is 19.3 Å². The number of aliphatic hydroxyl groups is 2. The third-order valence-electron chi connectivity index (χ3n) is 3.05. The molecule has 0 aromatic rings. The average molecular weight is 264 g/mol. The summed E-state index contributed by atoms with van der Waals surface area (Å²) in [7, 11) is -0.637. The van der Waals surface area contributed by atoms with Crippen LogP contribution >= 0.6 is 10.0 Å². The summed E-state index contributed by atoms with van der Waals surface area (Å²) in [6.45, 7) is 0.465. The first-order valence-electron chi connectivity index (χ1n) is 5.98. The topological polar surface area (TPSA) is 66.8 Å². The molecular weight excluding hydrogens is 240 g/mol. The van der Waals surface area contributed by atoms with Crippen molar-refractivity contribution in [2.45, 2.75) is 31.5 Å². The van der Waals surface area contributed by atoms with E-state index in [2.05, 4.69) is 18.8 Å². The van der Waals surface area contributed by atoms with Crippen molar-refractivity contribution < 1.29 is 19.7 Å². The maximum Gasteiger partial charge on any atom is 0.309 e. The molecule has 0 aromatic carbocycles. The highest BCUT2D eigenvalue weighted by Gasteiger charge is 2.32. The van der Waals surface area contributed by atoms with Crippen molar-refractivity contribution in [2.24, 2.45) is 5.92 Å². The number of aliphatic hydroxyl groups excluding tert-OH is 2. The second-order valence-electron chi connectivity index (χ2n) is 5.61. The van der Waals surface area contributed by atoms with Gasteiger partial charge in [-0.2, -0.15) is 0 Å². The molecule has 0 heterocycles. The van der Waals surface area contributed by atoms with Gasteiger partial charge in [-0.05, 0) is 38.0 Å². The fraction of sp³-hybridized carbons (Fsp3) is 0.917. The summed E-state index contributed by atoms with van der Waals surface area (Å²) < 4.78 is 5.23. The number of ether oxygens (including phenoxy) is 1. The lowest BCUT2D eigenvalue weighted by Crippen LogP contribution is -2.37. The van der Waals surface area contributed by atoms with Crippen LogP contribution in [0, 0.1) is 5.92 Å². The Morgan fingerprint density at radius 1 is 1.24 bits per heavy atom. The molecule has 0 saturated heterocycles. The molecule has 0 aliphatic heterocycles. The molecule has 102 valence electrons. The predicted octanol–water partition coefficient (Wildman–Crippen LogP) is 0.745. The first-order valence-corrected chi connectivity index (χ1v) is 9.01. The standard InChI is InChI=1S/C12H24O4S/c1-17(2,3)7-6-16-12(15)9-4-5-10(13)11(14)8-9/h9-11,13-14H,4-8H2,1-3H3/t9?,10-,11+/m1/s1. The summed E-state index contributed by atoms with van der Waals surface area (Å²) in [5.41, 5.74) is 0. The smallest absolute Gasteiger partial charge is 0.309 e. The highest BCUT2D eigenvalue weighted by atomic mass is 32.3. The van der Waals surface area contributed by atoms with E-state index in [1.54, 1.807) is 0 Å². The van der Waals surface area contributed by atoms with Gasteiger partial charge in [0.25, 0.3) is 0 Å². The quantitative estimate of drug-likeness (QED) is 0.735. The predicted molar refractivity (Wildman–Crippen MR) is 70.5 cm³/mol. The van der Waals surface area contributed by atoms with Crippen molar-refractivity contribution in [1.29, 1.82) is 0 Å². The SMILES string of the molecule is CS(C)(C)CCOC(=O)C1CC[C@@H](O)[C@@H](O)C1. The summed E-state index contributed by atoms with van der Waals surface area (Å²) in [6.07, 6.45) is 6.49. The summed E-state index contributed by atoms with van der Waals surface area (Å²) in [5, 5.41) is 18.9. The van der Waals surface area contributed by atoms with Gasteiger partial charge in [-0.25, -0.2) is 10.0 Å². The highest BCUT2D eigenvalue weighted by Crippen LogP contribution is 2.34. The number of hydrogen-bond acceptors (Lipinski definition) is 4. The molecule has 0 amide bonds. The molecule has 1 unspecified atom stereocenters. The van der Waals surface area contributed by atoms with E-state index in [0.29, 0.717) is 25.9 Å². The first-order chi connectivity index (χ1) is 7.79. The zero-order valence-corrected chi connectivity index (χ0v) is 11.7. The van der Waals surface area contributed by atoms with Gasteiger partial charge in [0.1, 0.15) is 0 Å². The fourth-order valence-corrected chi connectivity index (χ4v) is 2.44. The van der Waals surface area contributed by atoms with Crippen molar-refractivity contribution in [2.75, 3.05) is 31.1 Å². The van der Waals surface area contributed by atoms with E-state index in [1.807, 2.05) is 0 Å². The van der Waals surface area contributed by atoms with Gasteiger partial charge in [0, 0.05) is 5.75 Å². The van der Waals surface area contributed by atoms with Gasteiger partial charge in [0.2, 0.25) is 0 Å². The van der Waals surface area contributed by atoms with Crippen LogP contribution in [0.5, 0.6) is 0 Å². The zero-order valence-electron chi connectivity index (χ0n) is 10.9. The Balaban J connectivity index is 2.29. The van der Waals surface area contributed by atoms with E-state index < -0.39 is 22.2 Å². The maximum absolute atomic E-state index is 11.7. The first kappa shape index (κ1) is 14.8. The molecule has 4 nitrogen and oxygen atoms in total. The third kappa shape index (κ3) is 5.27. The number of rotatable bonds is 4. The number of carbonyl (C=O) groups is 1. The highest BCUT2D eigenvalue weighted by molar-refractivity contribution is 8.32. The molecule has 0 aromatic heterocycles. The summed E-state index contributed by atoms with van der Waals surface area (Å²) in [6, 6.07) is 0. The molecule has 0 radical (unpaired) electrons. The van der Waals surface area contributed by atoms with Crippen LogP contribution in [0.2, 0.25) is 0 Å². The molecule has 0 spiro atoms. The van der Waals surface area contributed by atoms with Crippen molar-refractivity contribution in [3.8, 4) is 0 Å². The number of carbonyl (C=O) groups excluding carboxylic acids is 1. The van der Waals surface area contributed by atoms with E-state index in [4.69, 9.17) is 4.74 Å². The fourth-order valence-electron chi connectivity index (χ4n) is 1.85. The molecule has 1 aliphatic rings. The van der Waals surface area contributed by atoms with Gasteiger partial charge in [-0.15, -0.1) is 0 Å². The van der Waals surface area contributed by atoms with E-state index in [-0.39, 0.29) is 11.9 Å². The summed E-state index contributed by atoms with van der Waals surface area (Å²) >= 11 is 0. The summed E-state index contributed by atoms with van der Waals surface area (Å²) in [5.74, 6) is 0.444. The van der Waals surface area contributed by atoms with Crippen molar-refractivity contribution in [3.05, 3.63) is 0 Å². The van der Waals surface area contributed by atoms with Crippen LogP contribution in [-0.2, 0) is 9.53 Å². The van der Waals surface area contributed by atoms with Crippen LogP contribution in [0.4, 0.5) is 0 Å². The molecule has 1 fully saturated rings. The Morgan fingerprint density at radius 3 is 2.41 bits per heavy atom. The molecular formula is C12H24O4S.